The zero-order valence-electron chi connectivity index (χ0n) is 17.9. The van der Waals surface area contributed by atoms with E-state index in [-0.39, 0.29) is 19.8 Å². The predicted octanol–water partition coefficient (Wildman–Crippen LogP) is 2.61. The van der Waals surface area contributed by atoms with E-state index in [2.05, 4.69) is 0 Å². The molecule has 1 heterocycles. The van der Waals surface area contributed by atoms with Crippen LogP contribution in [0.5, 0.6) is 0 Å². The fraction of sp³-hybridized carbons (Fsp3) is 0.600. The van der Waals surface area contributed by atoms with E-state index in [9.17, 15) is 18.0 Å². The maximum absolute atomic E-state index is 12.7. The van der Waals surface area contributed by atoms with Gasteiger partial charge in [0.25, 0.3) is 10.1 Å². The summed E-state index contributed by atoms with van der Waals surface area (Å²) in [7, 11) is -3.72. The lowest BCUT2D eigenvalue weighted by Crippen LogP contribution is -2.49. The topological polar surface area (TPSA) is 102 Å². The summed E-state index contributed by atoms with van der Waals surface area (Å²) in [6, 6.07) is 8.53. The third-order valence-corrected chi connectivity index (χ3v) is 4.83. The molecule has 1 unspecified atom stereocenters. The highest BCUT2D eigenvalue weighted by Crippen LogP contribution is 2.17. The first-order valence-electron chi connectivity index (χ1n) is 9.74. The Balaban J connectivity index is 2.11. The van der Waals surface area contributed by atoms with Crippen LogP contribution in [0.3, 0.4) is 0 Å². The molecule has 0 radical (unpaired) electrons. The van der Waals surface area contributed by atoms with E-state index in [0.717, 1.165) is 11.8 Å². The molecule has 0 bridgehead atoms. The highest BCUT2D eigenvalue weighted by atomic mass is 32.2. The summed E-state index contributed by atoms with van der Waals surface area (Å²) in [5.41, 5.74) is 0.163. The molecule has 0 N–H and O–H groups in total. The van der Waals surface area contributed by atoms with Gasteiger partial charge in [0.1, 0.15) is 12.2 Å². The zero-order valence-corrected chi connectivity index (χ0v) is 18.7. The van der Waals surface area contributed by atoms with Crippen LogP contribution in [-0.2, 0) is 30.4 Å². The third-order valence-electron chi connectivity index (χ3n) is 4.26. The number of hydrogen-bond acceptors (Lipinski definition) is 7. The highest BCUT2D eigenvalue weighted by molar-refractivity contribution is 7.85. The fourth-order valence-corrected chi connectivity index (χ4v) is 3.34. The molecule has 0 saturated carbocycles. The van der Waals surface area contributed by atoms with Crippen molar-refractivity contribution in [1.29, 1.82) is 0 Å². The fourth-order valence-electron chi connectivity index (χ4n) is 2.94. The molecule has 30 heavy (non-hydrogen) atoms. The standard InChI is InChI=1S/C20H30N2O7S/c1-20(2,3)29-18(23)21-11-8-12-22(17(13-21)15-28-30(4,25)26)19(24)27-14-16-9-6-5-7-10-16/h5-7,9-10,17H,8,11-15H2,1-4H3. The minimum atomic E-state index is -3.72. The van der Waals surface area contributed by atoms with Crippen molar-refractivity contribution < 1.29 is 31.7 Å². The third kappa shape index (κ3) is 8.19. The molecule has 10 heteroatoms. The molecule has 2 rings (SSSR count). The van der Waals surface area contributed by atoms with Crippen LogP contribution in [0, 0.1) is 0 Å². The quantitative estimate of drug-likeness (QED) is 0.646. The average molecular weight is 443 g/mol. The Morgan fingerprint density at radius 2 is 1.77 bits per heavy atom. The zero-order chi connectivity index (χ0) is 22.4. The molecule has 1 aromatic carbocycles. The van der Waals surface area contributed by atoms with Crippen molar-refractivity contribution in [2.45, 2.75) is 45.4 Å². The lowest BCUT2D eigenvalue weighted by atomic mass is 10.2. The predicted molar refractivity (Wildman–Crippen MR) is 110 cm³/mol. The van der Waals surface area contributed by atoms with Crippen LogP contribution in [0.2, 0.25) is 0 Å². The molecule has 0 spiro atoms. The Hall–Kier alpha value is -2.33. The lowest BCUT2D eigenvalue weighted by molar-refractivity contribution is 0.0203. The summed E-state index contributed by atoms with van der Waals surface area (Å²) in [5.74, 6) is 0. The molecule has 1 atom stereocenters. The summed E-state index contributed by atoms with van der Waals surface area (Å²) in [5, 5.41) is 0. The van der Waals surface area contributed by atoms with Gasteiger partial charge in [0.2, 0.25) is 0 Å². The number of ether oxygens (including phenoxy) is 2. The van der Waals surface area contributed by atoms with Gasteiger partial charge in [-0.25, -0.2) is 9.59 Å². The van der Waals surface area contributed by atoms with Gasteiger partial charge in [-0.2, -0.15) is 8.42 Å². The van der Waals surface area contributed by atoms with Gasteiger partial charge in [-0.15, -0.1) is 0 Å². The molecule has 1 aliphatic rings. The van der Waals surface area contributed by atoms with E-state index in [4.69, 9.17) is 13.7 Å². The van der Waals surface area contributed by atoms with Crippen molar-refractivity contribution in [3.63, 3.8) is 0 Å². The smallest absolute Gasteiger partial charge is 0.410 e. The van der Waals surface area contributed by atoms with E-state index < -0.39 is 33.9 Å². The first-order chi connectivity index (χ1) is 13.9. The van der Waals surface area contributed by atoms with E-state index in [0.29, 0.717) is 19.5 Å². The largest absolute Gasteiger partial charge is 0.445 e. The van der Waals surface area contributed by atoms with E-state index >= 15 is 0 Å². The molecule has 1 fully saturated rings. The molecule has 1 aromatic rings. The van der Waals surface area contributed by atoms with E-state index in [1.54, 1.807) is 20.8 Å². The van der Waals surface area contributed by atoms with Crippen LogP contribution in [0.15, 0.2) is 30.3 Å². The van der Waals surface area contributed by atoms with Crippen LogP contribution in [0.25, 0.3) is 0 Å². The Bertz CT molecular complexity index is 821. The minimum absolute atomic E-state index is 0.0743. The van der Waals surface area contributed by atoms with Gasteiger partial charge in [0, 0.05) is 19.6 Å². The minimum Gasteiger partial charge on any atom is -0.445 e. The summed E-state index contributed by atoms with van der Waals surface area (Å²) in [4.78, 5) is 28.1. The van der Waals surface area contributed by atoms with Crippen LogP contribution < -0.4 is 0 Å². The molecule has 0 aliphatic carbocycles. The van der Waals surface area contributed by atoms with E-state index in [1.165, 1.54) is 9.80 Å². The number of carbonyl (C=O) groups is 2. The number of hydrogen-bond donors (Lipinski definition) is 0. The molecular formula is C20H30N2O7S. The van der Waals surface area contributed by atoms with Crippen LogP contribution in [-0.4, -0.2) is 74.5 Å². The monoisotopic (exact) mass is 442 g/mol. The van der Waals surface area contributed by atoms with Crippen molar-refractivity contribution in [3.8, 4) is 0 Å². The van der Waals surface area contributed by atoms with Crippen LogP contribution in [0.1, 0.15) is 32.8 Å². The molecule has 0 aromatic heterocycles. The van der Waals surface area contributed by atoms with E-state index in [1.807, 2.05) is 30.3 Å². The lowest BCUT2D eigenvalue weighted by Gasteiger charge is -2.31. The van der Waals surface area contributed by atoms with Gasteiger partial charge in [-0.3, -0.25) is 4.18 Å². The Morgan fingerprint density at radius 3 is 2.37 bits per heavy atom. The molecule has 168 valence electrons. The highest BCUT2D eigenvalue weighted by Gasteiger charge is 2.34. The molecule has 1 saturated heterocycles. The maximum atomic E-state index is 12.7. The molecular weight excluding hydrogens is 412 g/mol. The Labute approximate surface area is 178 Å². The van der Waals surface area contributed by atoms with Gasteiger partial charge < -0.3 is 19.3 Å². The first kappa shape index (κ1) is 23.9. The molecule has 1 aliphatic heterocycles. The SMILES string of the molecule is CC(C)(C)OC(=O)N1CCCN(C(=O)OCc2ccccc2)C(COS(C)(=O)=O)C1. The Morgan fingerprint density at radius 1 is 1.10 bits per heavy atom. The van der Waals surface area contributed by atoms with Gasteiger partial charge >= 0.3 is 12.2 Å². The molecule has 9 nitrogen and oxygen atoms in total. The average Bonchev–Trinajstić information content (AvgIpc) is 2.86. The van der Waals surface area contributed by atoms with Crippen molar-refractivity contribution in [1.82, 2.24) is 9.80 Å². The first-order valence-corrected chi connectivity index (χ1v) is 11.6. The Kier molecular flexibility index (Phi) is 8.08. The summed E-state index contributed by atoms with van der Waals surface area (Å²) >= 11 is 0. The summed E-state index contributed by atoms with van der Waals surface area (Å²) in [6.45, 7) is 5.84. The van der Waals surface area contributed by atoms with Crippen molar-refractivity contribution in [3.05, 3.63) is 35.9 Å². The number of nitrogens with zero attached hydrogens (tertiary/aromatic N) is 2. The van der Waals surface area contributed by atoms with Crippen LogP contribution in [0.4, 0.5) is 9.59 Å². The van der Waals surface area contributed by atoms with Crippen molar-refractivity contribution in [2.24, 2.45) is 0 Å². The summed E-state index contributed by atoms with van der Waals surface area (Å²) in [6.07, 6.45) is 0.320. The second-order valence-electron chi connectivity index (χ2n) is 8.16. The van der Waals surface area contributed by atoms with Gasteiger partial charge in [0.05, 0.1) is 18.9 Å². The van der Waals surface area contributed by atoms with Gasteiger partial charge in [-0.05, 0) is 32.8 Å². The number of carbonyl (C=O) groups excluding carboxylic acids is 2. The van der Waals surface area contributed by atoms with Crippen molar-refractivity contribution in [2.75, 3.05) is 32.5 Å². The molecule has 2 amide bonds. The number of rotatable bonds is 5. The van der Waals surface area contributed by atoms with Gasteiger partial charge in [0.15, 0.2) is 0 Å². The second kappa shape index (κ2) is 10.1. The van der Waals surface area contributed by atoms with Crippen LogP contribution >= 0.6 is 0 Å². The van der Waals surface area contributed by atoms with Gasteiger partial charge in [-0.1, -0.05) is 30.3 Å². The number of benzene rings is 1. The number of amides is 2. The van der Waals surface area contributed by atoms with Crippen molar-refractivity contribution >= 4 is 22.3 Å². The second-order valence-corrected chi connectivity index (χ2v) is 9.80. The maximum Gasteiger partial charge on any atom is 0.410 e. The summed E-state index contributed by atoms with van der Waals surface area (Å²) < 4.78 is 38.7. The normalized spacial score (nSPS) is 17.9.